The van der Waals surface area contributed by atoms with E-state index in [0.29, 0.717) is 18.1 Å². The Morgan fingerprint density at radius 1 is 1.04 bits per heavy atom. The number of halogens is 1. The van der Waals surface area contributed by atoms with E-state index in [4.69, 9.17) is 16.7 Å². The molecule has 0 spiro atoms. The molecule has 4 nitrogen and oxygen atoms in total. The first kappa shape index (κ1) is 18.7. The minimum absolute atomic E-state index is 0.161. The molecule has 0 saturated carbocycles. The highest BCUT2D eigenvalue weighted by Gasteiger charge is 2.19. The van der Waals surface area contributed by atoms with Crippen LogP contribution in [0.2, 0.25) is 5.15 Å². The molecule has 0 saturated heterocycles. The van der Waals surface area contributed by atoms with Crippen LogP contribution in [-0.4, -0.2) is 20.6 Å². The van der Waals surface area contributed by atoms with Gasteiger partial charge in [0, 0.05) is 12.1 Å². The van der Waals surface area contributed by atoms with Gasteiger partial charge < -0.3 is 9.67 Å². The maximum atomic E-state index is 11.2. The number of benzene rings is 2. The molecule has 3 rings (SSSR count). The van der Waals surface area contributed by atoms with Gasteiger partial charge in [-0.05, 0) is 5.56 Å². The maximum Gasteiger partial charge on any atom is 0.309 e. The zero-order valence-electron chi connectivity index (χ0n) is 14.3. The van der Waals surface area contributed by atoms with E-state index < -0.39 is 5.97 Å². The average Bonchev–Trinajstić information content (AvgIpc) is 2.94. The van der Waals surface area contributed by atoms with Crippen molar-refractivity contribution in [2.75, 3.05) is 0 Å². The molecular formula is C20H21ClN2O2. The fourth-order valence-corrected chi connectivity index (χ4v) is 2.76. The van der Waals surface area contributed by atoms with Crippen LogP contribution in [0.3, 0.4) is 0 Å². The summed E-state index contributed by atoms with van der Waals surface area (Å²) in [6.07, 6.45) is -0.161. The van der Waals surface area contributed by atoms with Gasteiger partial charge in [0.05, 0.1) is 12.1 Å². The van der Waals surface area contributed by atoms with Gasteiger partial charge in [-0.3, -0.25) is 4.79 Å². The summed E-state index contributed by atoms with van der Waals surface area (Å²) in [6.45, 7) is 4.52. The van der Waals surface area contributed by atoms with Crippen LogP contribution in [0.25, 0.3) is 11.4 Å². The number of carboxylic acids is 1. The van der Waals surface area contributed by atoms with Gasteiger partial charge in [-0.2, -0.15) is 0 Å². The first-order chi connectivity index (χ1) is 12.1. The lowest BCUT2D eigenvalue weighted by molar-refractivity contribution is -0.136. The highest BCUT2D eigenvalue weighted by atomic mass is 35.5. The molecule has 0 radical (unpaired) electrons. The summed E-state index contributed by atoms with van der Waals surface area (Å²) in [4.78, 5) is 15.6. The molecule has 0 bridgehead atoms. The Balaban J connectivity index is 0.00000109. The van der Waals surface area contributed by atoms with Crippen molar-refractivity contribution in [1.82, 2.24) is 9.55 Å². The molecule has 0 aliphatic carbocycles. The first-order valence-corrected chi connectivity index (χ1v) is 8.59. The van der Waals surface area contributed by atoms with E-state index >= 15 is 0 Å². The number of aliphatic carboxylic acids is 1. The molecule has 0 atom stereocenters. The van der Waals surface area contributed by atoms with E-state index in [9.17, 15) is 4.79 Å². The second-order valence-electron chi connectivity index (χ2n) is 5.18. The number of hydrogen-bond donors (Lipinski definition) is 1. The zero-order valence-corrected chi connectivity index (χ0v) is 15.1. The summed E-state index contributed by atoms with van der Waals surface area (Å²) >= 11 is 6.22. The molecule has 3 aromatic rings. The number of aromatic nitrogens is 2. The van der Waals surface area contributed by atoms with Crippen molar-refractivity contribution in [3.8, 4) is 11.4 Å². The minimum Gasteiger partial charge on any atom is -0.481 e. The van der Waals surface area contributed by atoms with Gasteiger partial charge in [0.15, 0.2) is 5.15 Å². The summed E-state index contributed by atoms with van der Waals surface area (Å²) in [5.41, 5.74) is 2.48. The van der Waals surface area contributed by atoms with E-state index in [1.165, 1.54) is 0 Å². The number of carboxylic acid groups (broad SMARTS) is 1. The van der Waals surface area contributed by atoms with Crippen LogP contribution < -0.4 is 0 Å². The van der Waals surface area contributed by atoms with Crippen molar-refractivity contribution in [3.63, 3.8) is 0 Å². The molecule has 130 valence electrons. The van der Waals surface area contributed by atoms with Gasteiger partial charge in [0.1, 0.15) is 5.82 Å². The van der Waals surface area contributed by atoms with E-state index in [1.807, 2.05) is 79.1 Å². The van der Waals surface area contributed by atoms with Gasteiger partial charge >= 0.3 is 5.97 Å². The number of hydrogen-bond acceptors (Lipinski definition) is 2. The van der Waals surface area contributed by atoms with Crippen molar-refractivity contribution < 1.29 is 9.90 Å². The first-order valence-electron chi connectivity index (χ1n) is 8.21. The van der Waals surface area contributed by atoms with Crippen LogP contribution in [0, 0.1) is 0 Å². The van der Waals surface area contributed by atoms with Crippen molar-refractivity contribution >= 4 is 17.6 Å². The summed E-state index contributed by atoms with van der Waals surface area (Å²) in [5, 5.41) is 9.40. The summed E-state index contributed by atoms with van der Waals surface area (Å²) in [6, 6.07) is 19.5. The molecular weight excluding hydrogens is 336 g/mol. The Morgan fingerprint density at radius 2 is 1.60 bits per heavy atom. The molecule has 2 aromatic carbocycles. The quantitative estimate of drug-likeness (QED) is 0.707. The van der Waals surface area contributed by atoms with Crippen LogP contribution in [0.15, 0.2) is 60.7 Å². The topological polar surface area (TPSA) is 55.1 Å². The molecule has 1 heterocycles. The fourth-order valence-electron chi connectivity index (χ4n) is 2.51. The minimum atomic E-state index is -0.930. The number of imidazole rings is 1. The second-order valence-corrected chi connectivity index (χ2v) is 5.54. The third kappa shape index (κ3) is 4.70. The average molecular weight is 357 g/mol. The molecule has 1 aromatic heterocycles. The van der Waals surface area contributed by atoms with E-state index in [-0.39, 0.29) is 11.6 Å². The third-order valence-corrected chi connectivity index (χ3v) is 3.86. The Labute approximate surface area is 152 Å². The Kier molecular flexibility index (Phi) is 6.78. The molecule has 0 aliphatic rings. The molecule has 0 fully saturated rings. The zero-order chi connectivity index (χ0) is 18.2. The third-order valence-electron chi connectivity index (χ3n) is 3.56. The monoisotopic (exact) mass is 356 g/mol. The lowest BCUT2D eigenvalue weighted by Crippen LogP contribution is -2.10. The maximum absolute atomic E-state index is 11.2. The van der Waals surface area contributed by atoms with Crippen LogP contribution in [-0.2, 0) is 17.8 Å². The van der Waals surface area contributed by atoms with Gasteiger partial charge in [-0.1, -0.05) is 86.1 Å². The number of rotatable bonds is 5. The molecule has 0 unspecified atom stereocenters. The second kappa shape index (κ2) is 9.04. The van der Waals surface area contributed by atoms with Crippen LogP contribution >= 0.6 is 11.6 Å². The Hall–Kier alpha value is -2.59. The molecule has 5 heteroatoms. The summed E-state index contributed by atoms with van der Waals surface area (Å²) in [7, 11) is 0. The van der Waals surface area contributed by atoms with Crippen molar-refractivity contribution in [1.29, 1.82) is 0 Å². The van der Waals surface area contributed by atoms with Crippen LogP contribution in [0.1, 0.15) is 25.1 Å². The number of nitrogens with zero attached hydrogens (tertiary/aromatic N) is 2. The lowest BCUT2D eigenvalue weighted by Gasteiger charge is -2.11. The van der Waals surface area contributed by atoms with Crippen molar-refractivity contribution in [2.45, 2.75) is 26.8 Å². The Bertz CT molecular complexity index is 814. The lowest BCUT2D eigenvalue weighted by atomic mass is 10.2. The largest absolute Gasteiger partial charge is 0.481 e. The smallest absolute Gasteiger partial charge is 0.309 e. The van der Waals surface area contributed by atoms with Crippen LogP contribution in [0.4, 0.5) is 0 Å². The number of carbonyl (C=O) groups is 1. The molecule has 0 amide bonds. The Morgan fingerprint density at radius 3 is 2.16 bits per heavy atom. The van der Waals surface area contributed by atoms with E-state index in [0.717, 1.165) is 11.1 Å². The van der Waals surface area contributed by atoms with Gasteiger partial charge in [-0.25, -0.2) is 4.98 Å². The predicted octanol–water partition coefficient (Wildman–Crippen LogP) is 4.91. The standard InChI is InChI=1S/C18H15ClN2O2.C2H6/c19-17-15(11-16(22)23)21(12-13-7-3-1-4-8-13)18(20-17)14-9-5-2-6-10-14;1-2/h1-10H,11-12H2,(H,22,23);1-2H3. The SMILES string of the molecule is CC.O=C(O)Cc1c(Cl)nc(-c2ccccc2)n1Cc1ccccc1. The molecule has 0 aliphatic heterocycles. The summed E-state index contributed by atoms with van der Waals surface area (Å²) < 4.78 is 1.88. The van der Waals surface area contributed by atoms with Crippen molar-refractivity contribution in [2.24, 2.45) is 0 Å². The molecule has 25 heavy (non-hydrogen) atoms. The summed E-state index contributed by atoms with van der Waals surface area (Å²) in [5.74, 6) is -0.253. The van der Waals surface area contributed by atoms with Crippen molar-refractivity contribution in [3.05, 3.63) is 77.1 Å². The predicted molar refractivity (Wildman–Crippen MR) is 101 cm³/mol. The van der Waals surface area contributed by atoms with Crippen LogP contribution in [0.5, 0.6) is 0 Å². The fraction of sp³-hybridized carbons (Fsp3) is 0.200. The van der Waals surface area contributed by atoms with Gasteiger partial charge in [0.25, 0.3) is 0 Å². The van der Waals surface area contributed by atoms with E-state index in [2.05, 4.69) is 4.98 Å². The van der Waals surface area contributed by atoms with E-state index in [1.54, 1.807) is 0 Å². The normalized spacial score (nSPS) is 10.0. The molecule has 1 N–H and O–H groups in total. The van der Waals surface area contributed by atoms with Gasteiger partial charge in [-0.15, -0.1) is 0 Å². The highest BCUT2D eigenvalue weighted by Crippen LogP contribution is 2.27. The highest BCUT2D eigenvalue weighted by molar-refractivity contribution is 6.30. The van der Waals surface area contributed by atoms with Gasteiger partial charge in [0.2, 0.25) is 0 Å².